The van der Waals surface area contributed by atoms with E-state index in [4.69, 9.17) is 15.0 Å². The SMILES string of the molecule is O=P1(c2ccc(-c3ccc(-c4ccc(-c5ccc(-c6nc(-c7ccc(F)cc7)nc(-c7ccc(F)cc7)n6)c6ccccc56)cc4)cc3)cc2)c2ccccc2-c2ccccc21. The number of nitrogens with zero attached hydrogens (tertiary/aromatic N) is 3. The van der Waals surface area contributed by atoms with Gasteiger partial charge in [-0.15, -0.1) is 0 Å². The van der Waals surface area contributed by atoms with Crippen molar-refractivity contribution in [1.82, 2.24) is 15.0 Å². The van der Waals surface area contributed by atoms with Gasteiger partial charge >= 0.3 is 0 Å². The van der Waals surface area contributed by atoms with E-state index in [1.165, 1.54) is 24.3 Å². The first-order valence-corrected chi connectivity index (χ1v) is 22.0. The van der Waals surface area contributed by atoms with Crippen LogP contribution in [0.2, 0.25) is 0 Å². The predicted octanol–water partition coefficient (Wildman–Crippen LogP) is 12.9. The standard InChI is InChI=1S/C55H34F2N3OP/c56-42-27-21-40(22-28-42)53-58-54(41-23-29-43(57)30-24-41)60-55(59-53)50-34-33-45(46-7-1-2-8-47(46)50)39-19-17-37(18-20-39)35-13-15-36(16-14-35)38-25-31-44(32-26-38)62(61)51-11-5-3-9-48(51)49-10-4-6-12-52(49)62/h1-34H. The van der Waals surface area contributed by atoms with Gasteiger partial charge in [0.15, 0.2) is 24.6 Å². The topological polar surface area (TPSA) is 55.7 Å². The summed E-state index contributed by atoms with van der Waals surface area (Å²) in [6.45, 7) is 0. The van der Waals surface area contributed by atoms with Gasteiger partial charge in [0.25, 0.3) is 0 Å². The number of hydrogen-bond donors (Lipinski definition) is 0. The summed E-state index contributed by atoms with van der Waals surface area (Å²) in [5.41, 5.74) is 10.7. The summed E-state index contributed by atoms with van der Waals surface area (Å²) in [5, 5.41) is 4.65. The van der Waals surface area contributed by atoms with Crippen LogP contribution in [0.25, 0.3) is 89.4 Å². The molecule has 0 amide bonds. The lowest BCUT2D eigenvalue weighted by Gasteiger charge is -2.16. The number of aromatic nitrogens is 3. The average Bonchev–Trinajstić information content (AvgIpc) is 3.60. The predicted molar refractivity (Wildman–Crippen MR) is 248 cm³/mol. The lowest BCUT2D eigenvalue weighted by atomic mass is 9.93. The molecule has 7 heteroatoms. The highest BCUT2D eigenvalue weighted by Gasteiger charge is 2.39. The molecule has 0 unspecified atom stereocenters. The quantitative estimate of drug-likeness (QED) is 0.150. The number of hydrogen-bond acceptors (Lipinski definition) is 4. The third-order valence-corrected chi connectivity index (χ3v) is 14.9. The Morgan fingerprint density at radius 1 is 0.306 bits per heavy atom. The van der Waals surface area contributed by atoms with Gasteiger partial charge < -0.3 is 4.57 Å². The van der Waals surface area contributed by atoms with Crippen molar-refractivity contribution in [3.8, 4) is 78.7 Å². The molecule has 0 atom stereocenters. The number of halogens is 2. The van der Waals surface area contributed by atoms with Crippen molar-refractivity contribution in [2.24, 2.45) is 0 Å². The van der Waals surface area contributed by atoms with E-state index in [0.29, 0.717) is 28.6 Å². The molecule has 1 aromatic heterocycles. The lowest BCUT2D eigenvalue weighted by molar-refractivity contribution is 0.593. The fourth-order valence-electron chi connectivity index (χ4n) is 8.62. The van der Waals surface area contributed by atoms with Crippen molar-refractivity contribution in [2.45, 2.75) is 0 Å². The molecule has 0 fully saturated rings. The zero-order valence-electron chi connectivity index (χ0n) is 33.1. The normalized spacial score (nSPS) is 12.5. The van der Waals surface area contributed by atoms with E-state index in [1.54, 1.807) is 24.3 Å². The molecule has 0 radical (unpaired) electrons. The van der Waals surface area contributed by atoms with Crippen LogP contribution in [0, 0.1) is 11.6 Å². The van der Waals surface area contributed by atoms with Crippen LogP contribution in [-0.2, 0) is 4.57 Å². The van der Waals surface area contributed by atoms with Gasteiger partial charge in [-0.2, -0.15) is 0 Å². The Morgan fingerprint density at radius 2 is 0.661 bits per heavy atom. The van der Waals surface area contributed by atoms with Gasteiger partial charge in [0.2, 0.25) is 0 Å². The van der Waals surface area contributed by atoms with Crippen LogP contribution in [0.5, 0.6) is 0 Å². The second kappa shape index (κ2) is 15.1. The van der Waals surface area contributed by atoms with E-state index in [2.05, 4.69) is 91.0 Å². The van der Waals surface area contributed by atoms with E-state index in [-0.39, 0.29) is 11.6 Å². The van der Waals surface area contributed by atoms with Gasteiger partial charge in [0, 0.05) is 32.6 Å². The van der Waals surface area contributed by atoms with Crippen LogP contribution < -0.4 is 15.9 Å². The Labute approximate surface area is 357 Å². The van der Waals surface area contributed by atoms with Crippen LogP contribution in [0.4, 0.5) is 8.78 Å². The summed E-state index contributed by atoms with van der Waals surface area (Å²) >= 11 is 0. The van der Waals surface area contributed by atoms with Crippen LogP contribution in [0.15, 0.2) is 206 Å². The first kappa shape index (κ1) is 37.3. The summed E-state index contributed by atoms with van der Waals surface area (Å²) in [6, 6.07) is 65.8. The molecular formula is C55H34F2N3OP. The van der Waals surface area contributed by atoms with Crippen LogP contribution in [0.1, 0.15) is 0 Å². The molecule has 1 aliphatic rings. The Balaban J connectivity index is 0.880. The largest absolute Gasteiger partial charge is 0.309 e. The summed E-state index contributed by atoms with van der Waals surface area (Å²) in [5.74, 6) is 0.523. The molecule has 0 bridgehead atoms. The van der Waals surface area contributed by atoms with Crippen molar-refractivity contribution in [2.75, 3.05) is 0 Å². The molecule has 0 saturated heterocycles. The monoisotopic (exact) mass is 821 g/mol. The zero-order valence-corrected chi connectivity index (χ0v) is 34.0. The summed E-state index contributed by atoms with van der Waals surface area (Å²) in [6.07, 6.45) is 0. The first-order chi connectivity index (χ1) is 30.4. The smallest absolute Gasteiger partial charge is 0.172 e. The van der Waals surface area contributed by atoms with Crippen molar-refractivity contribution >= 4 is 33.8 Å². The third-order valence-electron chi connectivity index (χ3n) is 11.8. The maximum absolute atomic E-state index is 14.9. The highest BCUT2D eigenvalue weighted by Crippen LogP contribution is 2.52. The molecule has 0 saturated carbocycles. The van der Waals surface area contributed by atoms with Crippen molar-refractivity contribution in [3.05, 3.63) is 218 Å². The molecule has 9 aromatic carbocycles. The highest BCUT2D eigenvalue weighted by atomic mass is 31.2. The second-order valence-corrected chi connectivity index (χ2v) is 18.1. The molecule has 1 aliphatic heterocycles. The van der Waals surface area contributed by atoms with Gasteiger partial charge in [0.05, 0.1) is 0 Å². The minimum atomic E-state index is -2.97. The molecule has 11 rings (SSSR count). The van der Waals surface area contributed by atoms with E-state index < -0.39 is 7.14 Å². The fourth-order valence-corrected chi connectivity index (χ4v) is 11.7. The van der Waals surface area contributed by atoms with Gasteiger partial charge in [0.1, 0.15) is 11.6 Å². The molecule has 0 spiro atoms. The molecule has 0 N–H and O–H groups in total. The van der Waals surface area contributed by atoms with Crippen LogP contribution >= 0.6 is 7.14 Å². The van der Waals surface area contributed by atoms with Crippen LogP contribution in [-0.4, -0.2) is 15.0 Å². The molecule has 62 heavy (non-hydrogen) atoms. The number of rotatable bonds is 7. The Morgan fingerprint density at radius 3 is 1.15 bits per heavy atom. The Kier molecular flexibility index (Phi) is 9.10. The summed E-state index contributed by atoms with van der Waals surface area (Å²) in [7, 11) is -2.97. The third kappa shape index (κ3) is 6.44. The zero-order chi connectivity index (χ0) is 41.8. The Hall–Kier alpha value is -7.66. The molecule has 294 valence electrons. The van der Waals surface area contributed by atoms with E-state index in [0.717, 1.165) is 76.8 Å². The highest BCUT2D eigenvalue weighted by molar-refractivity contribution is 7.86. The van der Waals surface area contributed by atoms with E-state index >= 15 is 0 Å². The summed E-state index contributed by atoms with van der Waals surface area (Å²) < 4.78 is 42.6. The minimum absolute atomic E-state index is 0.355. The molecule has 0 aliphatic carbocycles. The van der Waals surface area contributed by atoms with E-state index in [1.807, 2.05) is 66.7 Å². The molecular weight excluding hydrogens is 788 g/mol. The van der Waals surface area contributed by atoms with Gasteiger partial charge in [-0.05, 0) is 110 Å². The van der Waals surface area contributed by atoms with Crippen molar-refractivity contribution < 1.29 is 13.3 Å². The molecule has 2 heterocycles. The van der Waals surface area contributed by atoms with Gasteiger partial charge in [-0.25, -0.2) is 23.7 Å². The molecule has 4 nitrogen and oxygen atoms in total. The maximum Gasteiger partial charge on any atom is 0.172 e. The van der Waals surface area contributed by atoms with Gasteiger partial charge in [-0.1, -0.05) is 152 Å². The lowest BCUT2D eigenvalue weighted by Crippen LogP contribution is -2.20. The summed E-state index contributed by atoms with van der Waals surface area (Å²) in [4.78, 5) is 14.5. The number of fused-ring (bicyclic) bond motifs is 4. The van der Waals surface area contributed by atoms with Gasteiger partial charge in [-0.3, -0.25) is 0 Å². The molecule has 10 aromatic rings. The Bertz CT molecular complexity index is 3260. The average molecular weight is 822 g/mol. The van der Waals surface area contributed by atoms with Crippen LogP contribution in [0.3, 0.4) is 0 Å². The second-order valence-electron chi connectivity index (χ2n) is 15.4. The first-order valence-electron chi connectivity index (χ1n) is 20.3. The minimum Gasteiger partial charge on any atom is -0.309 e. The number of benzene rings is 9. The van der Waals surface area contributed by atoms with E-state index in [9.17, 15) is 13.3 Å². The van der Waals surface area contributed by atoms with Crippen molar-refractivity contribution in [1.29, 1.82) is 0 Å². The van der Waals surface area contributed by atoms with Crippen molar-refractivity contribution in [3.63, 3.8) is 0 Å². The maximum atomic E-state index is 14.9. The fraction of sp³-hybridized carbons (Fsp3) is 0.